The second-order valence-corrected chi connectivity index (χ2v) is 4.23. The molecule has 0 bridgehead atoms. The fraction of sp³-hybridized carbons (Fsp3) is 0.538. The van der Waals surface area contributed by atoms with Crippen molar-refractivity contribution in [3.8, 4) is 5.75 Å². The van der Waals surface area contributed by atoms with Crippen LogP contribution in [0.25, 0.3) is 0 Å². The summed E-state index contributed by atoms with van der Waals surface area (Å²) in [5, 5.41) is 9.64. The molecule has 0 saturated heterocycles. The number of pyridine rings is 1. The molecule has 5 heteroatoms. The summed E-state index contributed by atoms with van der Waals surface area (Å²) in [4.78, 5) is 15.4. The molecule has 0 saturated carbocycles. The molecule has 0 fully saturated rings. The van der Waals surface area contributed by atoms with Crippen LogP contribution in [0, 0.1) is 6.92 Å². The lowest BCUT2D eigenvalue weighted by atomic mass is 10.1. The first kappa shape index (κ1) is 14.4. The van der Waals surface area contributed by atoms with E-state index in [1.807, 2.05) is 6.92 Å². The summed E-state index contributed by atoms with van der Waals surface area (Å²) >= 11 is 0. The molecule has 5 nitrogen and oxygen atoms in total. The van der Waals surface area contributed by atoms with Gasteiger partial charge in [0.25, 0.3) is 0 Å². The van der Waals surface area contributed by atoms with Crippen molar-refractivity contribution in [2.24, 2.45) is 5.73 Å². The van der Waals surface area contributed by atoms with Gasteiger partial charge in [-0.3, -0.25) is 9.78 Å². The van der Waals surface area contributed by atoms with Crippen LogP contribution in [0.3, 0.4) is 0 Å². The molecule has 0 spiro atoms. The highest BCUT2D eigenvalue weighted by molar-refractivity contribution is 5.69. The number of aromatic nitrogens is 1. The largest absolute Gasteiger partial charge is 0.506 e. The molecule has 18 heavy (non-hydrogen) atoms. The summed E-state index contributed by atoms with van der Waals surface area (Å²) in [6, 6.07) is 3.13. The number of carbonyl (C=O) groups is 1. The average Bonchev–Trinajstić information content (AvgIpc) is 2.32. The number of aryl methyl sites for hydroxylation is 1. The van der Waals surface area contributed by atoms with Crippen molar-refractivity contribution >= 4 is 5.97 Å². The number of hydrogen-bond acceptors (Lipinski definition) is 5. The number of ether oxygens (including phenoxy) is 1. The van der Waals surface area contributed by atoms with Gasteiger partial charge in [0, 0.05) is 24.6 Å². The molecule has 100 valence electrons. The third-order valence-electron chi connectivity index (χ3n) is 2.57. The maximum Gasteiger partial charge on any atom is 0.305 e. The Morgan fingerprint density at radius 2 is 2.28 bits per heavy atom. The van der Waals surface area contributed by atoms with Gasteiger partial charge in [-0.15, -0.1) is 0 Å². The Balaban J connectivity index is 2.46. The van der Waals surface area contributed by atoms with Crippen LogP contribution < -0.4 is 5.73 Å². The summed E-state index contributed by atoms with van der Waals surface area (Å²) in [6.45, 7) is 4.01. The number of hydrogen-bond donors (Lipinski definition) is 2. The van der Waals surface area contributed by atoms with Crippen molar-refractivity contribution in [3.05, 3.63) is 23.5 Å². The topological polar surface area (TPSA) is 85.4 Å². The van der Waals surface area contributed by atoms with Gasteiger partial charge in [-0.25, -0.2) is 0 Å². The fourth-order valence-corrected chi connectivity index (χ4v) is 1.64. The van der Waals surface area contributed by atoms with Gasteiger partial charge in [0.15, 0.2) is 0 Å². The fourth-order valence-electron chi connectivity index (χ4n) is 1.64. The first-order valence-corrected chi connectivity index (χ1v) is 6.09. The van der Waals surface area contributed by atoms with Crippen LogP contribution in [0.2, 0.25) is 0 Å². The van der Waals surface area contributed by atoms with Crippen LogP contribution in [-0.4, -0.2) is 28.7 Å². The Kier molecular flexibility index (Phi) is 5.58. The summed E-state index contributed by atoms with van der Waals surface area (Å²) < 4.78 is 4.83. The molecular weight excluding hydrogens is 232 g/mol. The maximum atomic E-state index is 11.2. The van der Waals surface area contributed by atoms with E-state index < -0.39 is 0 Å². The first-order chi connectivity index (χ1) is 8.52. The van der Waals surface area contributed by atoms with Gasteiger partial charge in [0.1, 0.15) is 5.75 Å². The van der Waals surface area contributed by atoms with Crippen molar-refractivity contribution in [2.75, 3.05) is 6.61 Å². The molecule has 0 aliphatic rings. The van der Waals surface area contributed by atoms with Gasteiger partial charge >= 0.3 is 5.97 Å². The standard InChI is InChI=1S/C13H20N2O3/c1-3-18-13(17)7-5-10(14)8-11-12(16)6-4-9(2)15-11/h4,6,10,16H,3,5,7-8,14H2,1-2H3. The molecule has 0 aromatic carbocycles. The molecule has 1 aromatic rings. The summed E-state index contributed by atoms with van der Waals surface area (Å²) in [5.41, 5.74) is 7.32. The predicted molar refractivity (Wildman–Crippen MR) is 68.2 cm³/mol. The molecule has 1 aromatic heterocycles. The Bertz CT molecular complexity index is 407. The van der Waals surface area contributed by atoms with Crippen molar-refractivity contribution in [1.82, 2.24) is 4.98 Å². The number of rotatable bonds is 6. The zero-order valence-corrected chi connectivity index (χ0v) is 10.8. The minimum Gasteiger partial charge on any atom is -0.506 e. The van der Waals surface area contributed by atoms with E-state index in [-0.39, 0.29) is 17.8 Å². The van der Waals surface area contributed by atoms with Gasteiger partial charge in [-0.05, 0) is 32.4 Å². The Labute approximate surface area is 107 Å². The van der Waals surface area contributed by atoms with Crippen LogP contribution in [0.1, 0.15) is 31.2 Å². The van der Waals surface area contributed by atoms with E-state index >= 15 is 0 Å². The van der Waals surface area contributed by atoms with E-state index in [2.05, 4.69) is 4.98 Å². The van der Waals surface area contributed by atoms with Crippen LogP contribution in [0.5, 0.6) is 5.75 Å². The number of nitrogens with zero attached hydrogens (tertiary/aromatic N) is 1. The third-order valence-corrected chi connectivity index (χ3v) is 2.57. The summed E-state index contributed by atoms with van der Waals surface area (Å²) in [5.74, 6) is -0.0958. The lowest BCUT2D eigenvalue weighted by molar-refractivity contribution is -0.143. The monoisotopic (exact) mass is 252 g/mol. The van der Waals surface area contributed by atoms with Crippen LogP contribution in [-0.2, 0) is 16.0 Å². The lowest BCUT2D eigenvalue weighted by Crippen LogP contribution is -2.24. The minimum absolute atomic E-state index is 0.146. The smallest absolute Gasteiger partial charge is 0.305 e. The Morgan fingerprint density at radius 3 is 2.94 bits per heavy atom. The highest BCUT2D eigenvalue weighted by atomic mass is 16.5. The van der Waals surface area contributed by atoms with Crippen LogP contribution >= 0.6 is 0 Å². The van der Waals surface area contributed by atoms with Crippen LogP contribution in [0.4, 0.5) is 0 Å². The van der Waals surface area contributed by atoms with E-state index in [0.29, 0.717) is 31.6 Å². The van der Waals surface area contributed by atoms with E-state index in [9.17, 15) is 9.90 Å². The summed E-state index contributed by atoms with van der Waals surface area (Å²) in [6.07, 6.45) is 1.27. The zero-order chi connectivity index (χ0) is 13.5. The van der Waals surface area contributed by atoms with Crippen LogP contribution in [0.15, 0.2) is 12.1 Å². The molecule has 3 N–H and O–H groups in total. The average molecular weight is 252 g/mol. The van der Waals surface area contributed by atoms with Crippen molar-refractivity contribution in [3.63, 3.8) is 0 Å². The molecule has 1 heterocycles. The summed E-state index contributed by atoms with van der Waals surface area (Å²) in [7, 11) is 0. The number of aromatic hydroxyl groups is 1. The first-order valence-electron chi connectivity index (χ1n) is 6.09. The molecule has 0 aliphatic heterocycles. The van der Waals surface area contributed by atoms with E-state index in [0.717, 1.165) is 5.69 Å². The SMILES string of the molecule is CCOC(=O)CCC(N)Cc1nc(C)ccc1O. The maximum absolute atomic E-state index is 11.2. The highest BCUT2D eigenvalue weighted by Crippen LogP contribution is 2.17. The Hall–Kier alpha value is -1.62. The molecule has 1 rings (SSSR count). The number of esters is 1. The third kappa shape index (κ3) is 4.71. The zero-order valence-electron chi connectivity index (χ0n) is 10.8. The molecule has 0 aliphatic carbocycles. The van der Waals surface area contributed by atoms with Gasteiger partial charge < -0.3 is 15.6 Å². The van der Waals surface area contributed by atoms with E-state index in [1.165, 1.54) is 0 Å². The van der Waals surface area contributed by atoms with Crippen molar-refractivity contribution in [2.45, 2.75) is 39.2 Å². The normalized spacial score (nSPS) is 12.2. The number of carbonyl (C=O) groups excluding carboxylic acids is 1. The van der Waals surface area contributed by atoms with Gasteiger partial charge in [-0.2, -0.15) is 0 Å². The van der Waals surface area contributed by atoms with Gasteiger partial charge in [0.2, 0.25) is 0 Å². The quantitative estimate of drug-likeness (QED) is 0.745. The molecule has 1 atom stereocenters. The molecule has 0 amide bonds. The van der Waals surface area contributed by atoms with Gasteiger partial charge in [-0.1, -0.05) is 0 Å². The van der Waals surface area contributed by atoms with Gasteiger partial charge in [0.05, 0.1) is 12.3 Å². The van der Waals surface area contributed by atoms with E-state index in [1.54, 1.807) is 19.1 Å². The van der Waals surface area contributed by atoms with E-state index in [4.69, 9.17) is 10.5 Å². The minimum atomic E-state index is -0.241. The number of nitrogens with two attached hydrogens (primary N) is 1. The molecule has 0 radical (unpaired) electrons. The molecule has 1 unspecified atom stereocenters. The lowest BCUT2D eigenvalue weighted by Gasteiger charge is -2.12. The molecular formula is C13H20N2O3. The second kappa shape index (κ2) is 6.96. The highest BCUT2D eigenvalue weighted by Gasteiger charge is 2.12. The second-order valence-electron chi connectivity index (χ2n) is 4.23. The van der Waals surface area contributed by atoms with Crippen molar-refractivity contribution in [1.29, 1.82) is 0 Å². The Morgan fingerprint density at radius 1 is 1.56 bits per heavy atom. The predicted octanol–water partition coefficient (Wildman–Crippen LogP) is 1.31. The van der Waals surface area contributed by atoms with Crippen molar-refractivity contribution < 1.29 is 14.6 Å².